The second kappa shape index (κ2) is 13.1. The molecule has 35 heavy (non-hydrogen) atoms. The van der Waals surface area contributed by atoms with Crippen molar-refractivity contribution >= 4 is 50.9 Å². The molecule has 1 N–H and O–H groups in total. The number of nitrogens with zero attached hydrogens (tertiary/aromatic N) is 3. The standard InChI is InChI=1S/C26H30BrClN4O2S/c1-5-12-32-24(7-6-13-34-23-15-21(17(2)3)22(27)14-18(23)4)30-31-26(32)35-16-25(33)29-20-10-8-19(28)9-11-20/h5,8-11,14-15,17H,1,6-7,12-13,16H2,2-4H3,(H,29,33). The number of hydrogen-bond donors (Lipinski definition) is 1. The van der Waals surface area contributed by atoms with Gasteiger partial charge in [0.2, 0.25) is 5.91 Å². The van der Waals surface area contributed by atoms with Crippen molar-refractivity contribution < 1.29 is 9.53 Å². The molecule has 0 aliphatic carbocycles. The molecule has 1 heterocycles. The number of benzene rings is 2. The molecule has 0 aliphatic rings. The van der Waals surface area contributed by atoms with E-state index >= 15 is 0 Å². The van der Waals surface area contributed by atoms with Crippen LogP contribution in [0.5, 0.6) is 5.75 Å². The number of allylic oxidation sites excluding steroid dienone is 1. The first-order valence-corrected chi connectivity index (χ1v) is 13.6. The van der Waals surface area contributed by atoms with Crippen molar-refractivity contribution in [2.75, 3.05) is 17.7 Å². The van der Waals surface area contributed by atoms with Crippen molar-refractivity contribution in [3.8, 4) is 5.75 Å². The number of aromatic nitrogens is 3. The van der Waals surface area contributed by atoms with E-state index in [0.717, 1.165) is 28.0 Å². The van der Waals surface area contributed by atoms with Gasteiger partial charge in [0.1, 0.15) is 11.6 Å². The van der Waals surface area contributed by atoms with Crippen molar-refractivity contribution in [1.82, 2.24) is 14.8 Å². The molecule has 9 heteroatoms. The third-order valence-electron chi connectivity index (χ3n) is 5.28. The molecule has 0 bridgehead atoms. The predicted octanol–water partition coefficient (Wildman–Crippen LogP) is 7.05. The number of carbonyl (C=O) groups excluding carboxylic acids is 1. The Hall–Kier alpha value is -2.29. The van der Waals surface area contributed by atoms with Crippen LogP contribution >= 0.6 is 39.3 Å². The van der Waals surface area contributed by atoms with Crippen LogP contribution in [0.15, 0.2) is 58.7 Å². The highest BCUT2D eigenvalue weighted by atomic mass is 79.9. The molecule has 0 radical (unpaired) electrons. The first kappa shape index (κ1) is 27.3. The molecule has 0 atom stereocenters. The Morgan fingerprint density at radius 2 is 2.03 bits per heavy atom. The Balaban J connectivity index is 1.54. The van der Waals surface area contributed by atoms with Crippen LogP contribution < -0.4 is 10.1 Å². The third kappa shape index (κ3) is 7.85. The van der Waals surface area contributed by atoms with E-state index in [4.69, 9.17) is 16.3 Å². The van der Waals surface area contributed by atoms with Crippen LogP contribution in [0.3, 0.4) is 0 Å². The van der Waals surface area contributed by atoms with E-state index < -0.39 is 0 Å². The Bertz CT molecular complexity index is 1160. The van der Waals surface area contributed by atoms with Gasteiger partial charge in [0.15, 0.2) is 5.16 Å². The van der Waals surface area contributed by atoms with Gasteiger partial charge in [-0.2, -0.15) is 0 Å². The molecule has 1 aromatic heterocycles. The predicted molar refractivity (Wildman–Crippen MR) is 148 cm³/mol. The lowest BCUT2D eigenvalue weighted by atomic mass is 10.0. The zero-order valence-electron chi connectivity index (χ0n) is 20.2. The van der Waals surface area contributed by atoms with Gasteiger partial charge in [-0.05, 0) is 66.8 Å². The second-order valence-corrected chi connectivity index (χ2v) is 10.6. The Morgan fingerprint density at radius 1 is 1.29 bits per heavy atom. The van der Waals surface area contributed by atoms with Crippen LogP contribution in [0.25, 0.3) is 0 Å². The monoisotopic (exact) mass is 576 g/mol. The minimum absolute atomic E-state index is 0.119. The van der Waals surface area contributed by atoms with Crippen molar-refractivity contribution in [3.05, 3.63) is 75.5 Å². The quantitative estimate of drug-likeness (QED) is 0.142. The number of halogens is 2. The smallest absolute Gasteiger partial charge is 0.234 e. The topological polar surface area (TPSA) is 69.0 Å². The molecule has 0 unspecified atom stereocenters. The summed E-state index contributed by atoms with van der Waals surface area (Å²) in [6, 6.07) is 11.2. The fourth-order valence-electron chi connectivity index (χ4n) is 3.46. The Kier molecular flexibility index (Phi) is 10.2. The van der Waals surface area contributed by atoms with Crippen LogP contribution in [0.4, 0.5) is 5.69 Å². The highest BCUT2D eigenvalue weighted by Crippen LogP contribution is 2.31. The van der Waals surface area contributed by atoms with E-state index in [1.54, 1.807) is 30.3 Å². The number of nitrogens with one attached hydrogen (secondary N) is 1. The van der Waals surface area contributed by atoms with E-state index in [0.29, 0.717) is 41.4 Å². The maximum Gasteiger partial charge on any atom is 0.234 e. The molecule has 0 fully saturated rings. The molecule has 3 aromatic rings. The minimum Gasteiger partial charge on any atom is -0.493 e. The van der Waals surface area contributed by atoms with Gasteiger partial charge >= 0.3 is 0 Å². The zero-order chi connectivity index (χ0) is 25.4. The van der Waals surface area contributed by atoms with E-state index in [9.17, 15) is 4.79 Å². The van der Waals surface area contributed by atoms with E-state index in [-0.39, 0.29) is 11.7 Å². The molecule has 3 rings (SSSR count). The first-order valence-electron chi connectivity index (χ1n) is 11.4. The average molecular weight is 578 g/mol. The molecule has 1 amide bonds. The molecule has 0 aliphatic heterocycles. The van der Waals surface area contributed by atoms with Gasteiger partial charge in [-0.15, -0.1) is 16.8 Å². The van der Waals surface area contributed by atoms with Gasteiger partial charge in [-0.25, -0.2) is 0 Å². The highest BCUT2D eigenvalue weighted by Gasteiger charge is 2.14. The summed E-state index contributed by atoms with van der Waals surface area (Å²) in [5.41, 5.74) is 3.04. The number of hydrogen-bond acceptors (Lipinski definition) is 5. The number of ether oxygens (including phenoxy) is 1. The lowest BCUT2D eigenvalue weighted by molar-refractivity contribution is -0.113. The molecule has 186 valence electrons. The van der Waals surface area contributed by atoms with Crippen molar-refractivity contribution in [1.29, 1.82) is 0 Å². The zero-order valence-corrected chi connectivity index (χ0v) is 23.3. The van der Waals surface area contributed by atoms with E-state index in [1.165, 1.54) is 17.3 Å². The summed E-state index contributed by atoms with van der Waals surface area (Å²) in [6.45, 7) is 11.4. The van der Waals surface area contributed by atoms with E-state index in [2.05, 4.69) is 70.9 Å². The number of thioether (sulfide) groups is 1. The summed E-state index contributed by atoms with van der Waals surface area (Å²) in [6.07, 6.45) is 3.31. The Labute approximate surface area is 224 Å². The number of amides is 1. The summed E-state index contributed by atoms with van der Waals surface area (Å²) in [5.74, 6) is 2.28. The largest absolute Gasteiger partial charge is 0.493 e. The lowest BCUT2D eigenvalue weighted by Crippen LogP contribution is -2.14. The highest BCUT2D eigenvalue weighted by molar-refractivity contribution is 9.10. The SMILES string of the molecule is C=CCn1c(CCCOc2cc(C(C)C)c(Br)cc2C)nnc1SCC(=O)Nc1ccc(Cl)cc1. The second-order valence-electron chi connectivity index (χ2n) is 8.39. The Morgan fingerprint density at radius 3 is 2.71 bits per heavy atom. The summed E-state index contributed by atoms with van der Waals surface area (Å²) in [7, 11) is 0. The fraction of sp³-hybridized carbons (Fsp3) is 0.346. The van der Waals surface area contributed by atoms with Gasteiger partial charge in [-0.3, -0.25) is 4.79 Å². The lowest BCUT2D eigenvalue weighted by Gasteiger charge is -2.15. The van der Waals surface area contributed by atoms with Gasteiger partial charge in [-0.1, -0.05) is 59.2 Å². The molecule has 0 spiro atoms. The summed E-state index contributed by atoms with van der Waals surface area (Å²) < 4.78 is 9.20. The molecule has 2 aromatic carbocycles. The first-order chi connectivity index (χ1) is 16.8. The summed E-state index contributed by atoms with van der Waals surface area (Å²) >= 11 is 10.9. The van der Waals surface area contributed by atoms with Crippen molar-refractivity contribution in [2.45, 2.75) is 51.2 Å². The van der Waals surface area contributed by atoms with Gasteiger partial charge in [0, 0.05) is 28.1 Å². The van der Waals surface area contributed by atoms with Gasteiger partial charge in [0.05, 0.1) is 12.4 Å². The summed E-state index contributed by atoms with van der Waals surface area (Å²) in [4.78, 5) is 12.3. The summed E-state index contributed by atoms with van der Waals surface area (Å²) in [5, 5.41) is 12.8. The van der Waals surface area contributed by atoms with Crippen molar-refractivity contribution in [3.63, 3.8) is 0 Å². The number of carbonyl (C=O) groups is 1. The molecule has 6 nitrogen and oxygen atoms in total. The number of rotatable bonds is 12. The minimum atomic E-state index is -0.119. The van der Waals surface area contributed by atoms with Gasteiger partial charge < -0.3 is 14.6 Å². The maximum atomic E-state index is 12.3. The van der Waals surface area contributed by atoms with E-state index in [1.807, 2.05) is 4.57 Å². The van der Waals surface area contributed by atoms with Crippen LogP contribution in [0.1, 0.15) is 43.1 Å². The maximum absolute atomic E-state index is 12.3. The average Bonchev–Trinajstić information content (AvgIpc) is 3.19. The third-order valence-corrected chi connectivity index (χ3v) is 7.19. The van der Waals surface area contributed by atoms with Crippen LogP contribution in [0, 0.1) is 6.92 Å². The molecule has 0 saturated carbocycles. The number of aryl methyl sites for hydroxylation is 2. The molecule has 0 saturated heterocycles. The van der Waals surface area contributed by atoms with Crippen LogP contribution in [-0.2, 0) is 17.8 Å². The van der Waals surface area contributed by atoms with Crippen LogP contribution in [-0.4, -0.2) is 33.0 Å². The molecular weight excluding hydrogens is 548 g/mol. The van der Waals surface area contributed by atoms with Gasteiger partial charge in [0.25, 0.3) is 0 Å². The van der Waals surface area contributed by atoms with Crippen molar-refractivity contribution in [2.24, 2.45) is 0 Å². The fourth-order valence-corrected chi connectivity index (χ4v) is 5.27. The normalized spacial score (nSPS) is 11.0. The number of anilines is 1. The molecular formula is C26H30BrClN4O2S. The van der Waals surface area contributed by atoms with Crippen LogP contribution in [0.2, 0.25) is 5.02 Å².